The van der Waals surface area contributed by atoms with Crippen LogP contribution in [0.5, 0.6) is 0 Å². The van der Waals surface area contributed by atoms with E-state index in [4.69, 9.17) is 5.11 Å². The number of benzene rings is 1. The number of amides is 2. The molecule has 1 heterocycles. The van der Waals surface area contributed by atoms with Crippen LogP contribution < -0.4 is 10.6 Å². The molecule has 2 rings (SSSR count). The summed E-state index contributed by atoms with van der Waals surface area (Å²) in [6, 6.07) is 5.31. The van der Waals surface area contributed by atoms with Gasteiger partial charge in [0, 0.05) is 23.7 Å². The van der Waals surface area contributed by atoms with Crippen molar-refractivity contribution >= 4 is 28.6 Å². The van der Waals surface area contributed by atoms with E-state index in [1.54, 1.807) is 12.3 Å². The Kier molecular flexibility index (Phi) is 4.42. The second kappa shape index (κ2) is 6.25. The van der Waals surface area contributed by atoms with Crippen LogP contribution in [0.25, 0.3) is 10.9 Å². The van der Waals surface area contributed by atoms with Gasteiger partial charge in [-0.1, -0.05) is 0 Å². The van der Waals surface area contributed by atoms with Gasteiger partial charge in [-0.15, -0.1) is 0 Å². The number of aliphatic carboxylic acids is 1. The third-order valence-electron chi connectivity index (χ3n) is 2.97. The average molecular weight is 290 g/mol. The van der Waals surface area contributed by atoms with Gasteiger partial charge in [0.05, 0.1) is 18.1 Å². The summed E-state index contributed by atoms with van der Waals surface area (Å²) in [6.45, 7) is 4.16. The van der Waals surface area contributed by atoms with Crippen molar-refractivity contribution in [2.24, 2.45) is 0 Å². The van der Waals surface area contributed by atoms with Crippen molar-refractivity contribution < 1.29 is 14.7 Å². The first-order valence-electron chi connectivity index (χ1n) is 6.71. The van der Waals surface area contributed by atoms with Gasteiger partial charge in [0.1, 0.15) is 0 Å². The fourth-order valence-corrected chi connectivity index (χ4v) is 1.99. The van der Waals surface area contributed by atoms with E-state index in [-0.39, 0.29) is 19.0 Å². The summed E-state index contributed by atoms with van der Waals surface area (Å²) in [5.41, 5.74) is 1.58. The minimum Gasteiger partial charge on any atom is -0.481 e. The highest BCUT2D eigenvalue weighted by molar-refractivity contribution is 5.92. The van der Waals surface area contributed by atoms with Gasteiger partial charge in [0.2, 0.25) is 0 Å². The van der Waals surface area contributed by atoms with Crippen molar-refractivity contribution in [2.75, 3.05) is 11.9 Å². The van der Waals surface area contributed by atoms with Gasteiger partial charge in [-0.2, -0.15) is 5.10 Å². The third kappa shape index (κ3) is 3.71. The number of aromatic nitrogens is 2. The summed E-state index contributed by atoms with van der Waals surface area (Å²) in [4.78, 5) is 22.0. The molecule has 1 aromatic carbocycles. The molecule has 0 atom stereocenters. The molecule has 21 heavy (non-hydrogen) atoms. The fourth-order valence-electron chi connectivity index (χ4n) is 1.99. The lowest BCUT2D eigenvalue weighted by molar-refractivity contribution is -0.136. The molecule has 3 N–H and O–H groups in total. The molecule has 7 nitrogen and oxygen atoms in total. The molecule has 0 spiro atoms. The topological polar surface area (TPSA) is 96.3 Å². The Bertz CT molecular complexity index is 663. The van der Waals surface area contributed by atoms with Gasteiger partial charge in [-0.3, -0.25) is 9.48 Å². The molecule has 0 unspecified atom stereocenters. The molecule has 2 amide bonds. The van der Waals surface area contributed by atoms with Crippen LogP contribution in [0, 0.1) is 0 Å². The van der Waals surface area contributed by atoms with Crippen LogP contribution in [0.1, 0.15) is 26.3 Å². The summed E-state index contributed by atoms with van der Waals surface area (Å²) in [5, 5.41) is 19.0. The van der Waals surface area contributed by atoms with E-state index >= 15 is 0 Å². The van der Waals surface area contributed by atoms with Crippen LogP contribution >= 0.6 is 0 Å². The molecule has 0 fully saturated rings. The lowest BCUT2D eigenvalue weighted by Gasteiger charge is -2.09. The highest BCUT2D eigenvalue weighted by atomic mass is 16.4. The number of nitrogens with zero attached hydrogens (tertiary/aromatic N) is 2. The molecule has 0 saturated carbocycles. The van der Waals surface area contributed by atoms with Crippen LogP contribution in [-0.4, -0.2) is 33.4 Å². The number of carbonyl (C=O) groups excluding carboxylic acids is 1. The molecule has 112 valence electrons. The lowest BCUT2D eigenvalue weighted by Crippen LogP contribution is -2.30. The van der Waals surface area contributed by atoms with Crippen molar-refractivity contribution in [3.8, 4) is 0 Å². The SMILES string of the molecule is CC(C)n1ncc2ccc(NC(=O)NCCC(=O)O)cc21. The molecule has 0 saturated heterocycles. The number of carbonyl (C=O) groups is 2. The van der Waals surface area contributed by atoms with Gasteiger partial charge >= 0.3 is 12.0 Å². The number of anilines is 1. The number of carboxylic acids is 1. The van der Waals surface area contributed by atoms with E-state index in [9.17, 15) is 9.59 Å². The summed E-state index contributed by atoms with van der Waals surface area (Å²) in [5.74, 6) is -0.947. The predicted octanol–water partition coefficient (Wildman–Crippen LogP) is 2.21. The molecule has 1 aromatic heterocycles. The Morgan fingerprint density at radius 3 is 2.81 bits per heavy atom. The summed E-state index contributed by atoms with van der Waals surface area (Å²) in [7, 11) is 0. The van der Waals surface area contributed by atoms with Gasteiger partial charge in [-0.25, -0.2) is 4.79 Å². The molecule has 0 aliphatic carbocycles. The van der Waals surface area contributed by atoms with E-state index < -0.39 is 12.0 Å². The van der Waals surface area contributed by atoms with E-state index in [2.05, 4.69) is 15.7 Å². The number of hydrogen-bond acceptors (Lipinski definition) is 3. The standard InChI is InChI=1S/C14H18N4O3/c1-9(2)18-12-7-11(4-3-10(12)8-16-18)17-14(21)15-6-5-13(19)20/h3-4,7-9H,5-6H2,1-2H3,(H,19,20)(H2,15,17,21). The summed E-state index contributed by atoms with van der Waals surface area (Å²) in [6.07, 6.45) is 1.68. The lowest BCUT2D eigenvalue weighted by atomic mass is 10.2. The van der Waals surface area contributed by atoms with Crippen molar-refractivity contribution in [1.82, 2.24) is 15.1 Å². The number of rotatable bonds is 5. The van der Waals surface area contributed by atoms with Crippen LogP contribution in [0.4, 0.5) is 10.5 Å². The fraction of sp³-hybridized carbons (Fsp3) is 0.357. The molecule has 2 aromatic rings. The Morgan fingerprint density at radius 1 is 1.38 bits per heavy atom. The molecule has 0 bridgehead atoms. The van der Waals surface area contributed by atoms with E-state index in [1.807, 2.05) is 30.7 Å². The number of nitrogens with one attached hydrogen (secondary N) is 2. The number of carboxylic acid groups (broad SMARTS) is 1. The third-order valence-corrected chi connectivity index (χ3v) is 2.97. The molecule has 0 aliphatic rings. The average Bonchev–Trinajstić information content (AvgIpc) is 2.81. The maximum atomic E-state index is 11.6. The van der Waals surface area contributed by atoms with E-state index in [1.165, 1.54) is 0 Å². The zero-order valence-corrected chi connectivity index (χ0v) is 12.0. The maximum absolute atomic E-state index is 11.6. The van der Waals surface area contributed by atoms with Gasteiger partial charge in [-0.05, 0) is 32.0 Å². The van der Waals surface area contributed by atoms with Crippen LogP contribution in [-0.2, 0) is 4.79 Å². The molecule has 7 heteroatoms. The largest absolute Gasteiger partial charge is 0.481 e. The second-order valence-corrected chi connectivity index (χ2v) is 4.98. The maximum Gasteiger partial charge on any atom is 0.319 e. The first-order valence-corrected chi connectivity index (χ1v) is 6.71. The Morgan fingerprint density at radius 2 is 2.14 bits per heavy atom. The monoisotopic (exact) mass is 290 g/mol. The minimum absolute atomic E-state index is 0.0906. The zero-order valence-electron chi connectivity index (χ0n) is 12.0. The molecular weight excluding hydrogens is 272 g/mol. The van der Waals surface area contributed by atoms with Gasteiger partial charge in [0.15, 0.2) is 0 Å². The Labute approximate surface area is 121 Å². The van der Waals surface area contributed by atoms with Crippen LogP contribution in [0.3, 0.4) is 0 Å². The zero-order chi connectivity index (χ0) is 15.4. The highest BCUT2D eigenvalue weighted by Crippen LogP contribution is 2.21. The number of hydrogen-bond donors (Lipinski definition) is 3. The van der Waals surface area contributed by atoms with E-state index in [0.29, 0.717) is 5.69 Å². The smallest absolute Gasteiger partial charge is 0.319 e. The van der Waals surface area contributed by atoms with Crippen molar-refractivity contribution in [2.45, 2.75) is 26.3 Å². The second-order valence-electron chi connectivity index (χ2n) is 4.98. The van der Waals surface area contributed by atoms with Gasteiger partial charge < -0.3 is 15.7 Å². The van der Waals surface area contributed by atoms with Crippen LogP contribution in [0.15, 0.2) is 24.4 Å². The normalized spacial score (nSPS) is 10.8. The predicted molar refractivity (Wildman–Crippen MR) is 79.4 cm³/mol. The minimum atomic E-state index is -0.947. The summed E-state index contributed by atoms with van der Waals surface area (Å²) < 4.78 is 1.88. The number of urea groups is 1. The first kappa shape index (κ1) is 14.8. The molecule has 0 radical (unpaired) electrons. The first-order chi connectivity index (χ1) is 9.97. The summed E-state index contributed by atoms with van der Waals surface area (Å²) >= 11 is 0. The Hall–Kier alpha value is -2.57. The van der Waals surface area contributed by atoms with Crippen molar-refractivity contribution in [3.63, 3.8) is 0 Å². The number of fused-ring (bicyclic) bond motifs is 1. The quantitative estimate of drug-likeness (QED) is 0.786. The Balaban J connectivity index is 2.06. The molecule has 0 aliphatic heterocycles. The highest BCUT2D eigenvalue weighted by Gasteiger charge is 2.08. The van der Waals surface area contributed by atoms with Crippen molar-refractivity contribution in [3.05, 3.63) is 24.4 Å². The van der Waals surface area contributed by atoms with Gasteiger partial charge in [0.25, 0.3) is 0 Å². The van der Waals surface area contributed by atoms with E-state index in [0.717, 1.165) is 10.9 Å². The van der Waals surface area contributed by atoms with Crippen LogP contribution in [0.2, 0.25) is 0 Å². The van der Waals surface area contributed by atoms with Crippen molar-refractivity contribution in [1.29, 1.82) is 0 Å². The molecular formula is C14H18N4O3.